The topological polar surface area (TPSA) is 40.8 Å². The summed E-state index contributed by atoms with van der Waals surface area (Å²) in [6.07, 6.45) is 3.57. The Bertz CT molecular complexity index is 893. The van der Waals surface area contributed by atoms with Crippen molar-refractivity contribution in [3.8, 4) is 0 Å². The third kappa shape index (κ3) is 3.15. The Morgan fingerprint density at radius 3 is 2.64 bits per heavy atom. The minimum atomic E-state index is 0.0825. The number of hydrogen-bond donors (Lipinski definition) is 0. The lowest BCUT2D eigenvalue weighted by molar-refractivity contribution is 0.0621. The summed E-state index contributed by atoms with van der Waals surface area (Å²) >= 11 is 0. The van der Waals surface area contributed by atoms with Crippen molar-refractivity contribution in [2.45, 2.75) is 13.5 Å². The summed E-state index contributed by atoms with van der Waals surface area (Å²) in [7, 11) is 0. The van der Waals surface area contributed by atoms with Crippen molar-refractivity contribution in [3.05, 3.63) is 71.7 Å². The molecule has 0 atom stereocenters. The SMILES string of the molecule is Cc1ccccc1CN1CCN(C(=O)c2cccc3nccn23)CC1. The molecule has 0 saturated carbocycles. The Balaban J connectivity index is 1.42. The lowest BCUT2D eigenvalue weighted by atomic mass is 10.1. The fourth-order valence-electron chi connectivity index (χ4n) is 3.42. The molecule has 1 aromatic carbocycles. The monoisotopic (exact) mass is 334 g/mol. The van der Waals surface area contributed by atoms with Gasteiger partial charge in [0.2, 0.25) is 0 Å². The second-order valence-electron chi connectivity index (χ2n) is 6.56. The third-order valence-electron chi connectivity index (χ3n) is 4.96. The van der Waals surface area contributed by atoms with Crippen LogP contribution in [0.15, 0.2) is 54.9 Å². The number of nitrogens with zero attached hydrogens (tertiary/aromatic N) is 4. The first-order valence-corrected chi connectivity index (χ1v) is 8.70. The van der Waals surface area contributed by atoms with Crippen LogP contribution in [0.25, 0.3) is 5.65 Å². The molecule has 25 heavy (non-hydrogen) atoms. The van der Waals surface area contributed by atoms with Gasteiger partial charge < -0.3 is 4.90 Å². The average Bonchev–Trinajstić information content (AvgIpc) is 3.12. The zero-order valence-corrected chi connectivity index (χ0v) is 14.4. The number of fused-ring (bicyclic) bond motifs is 1. The number of aromatic nitrogens is 2. The molecule has 0 spiro atoms. The van der Waals surface area contributed by atoms with Crippen LogP contribution in [0.3, 0.4) is 0 Å². The van der Waals surface area contributed by atoms with E-state index in [4.69, 9.17) is 0 Å². The molecule has 3 aromatic rings. The van der Waals surface area contributed by atoms with Crippen LogP contribution < -0.4 is 0 Å². The highest BCUT2D eigenvalue weighted by Crippen LogP contribution is 2.15. The summed E-state index contributed by atoms with van der Waals surface area (Å²) in [6.45, 7) is 6.43. The third-order valence-corrected chi connectivity index (χ3v) is 4.96. The normalized spacial score (nSPS) is 15.6. The summed E-state index contributed by atoms with van der Waals surface area (Å²) in [5, 5.41) is 0. The van der Waals surface area contributed by atoms with Gasteiger partial charge in [-0.2, -0.15) is 0 Å². The quantitative estimate of drug-likeness (QED) is 0.739. The Kier molecular flexibility index (Phi) is 4.24. The number of piperazine rings is 1. The zero-order valence-electron chi connectivity index (χ0n) is 14.4. The molecule has 0 radical (unpaired) electrons. The van der Waals surface area contributed by atoms with Crippen molar-refractivity contribution in [2.75, 3.05) is 26.2 Å². The molecule has 4 rings (SSSR count). The van der Waals surface area contributed by atoms with E-state index in [0.29, 0.717) is 5.69 Å². The molecule has 1 aliphatic rings. The highest BCUT2D eigenvalue weighted by atomic mass is 16.2. The molecule has 128 valence electrons. The van der Waals surface area contributed by atoms with Gasteiger partial charge in [-0.05, 0) is 30.2 Å². The molecule has 2 aromatic heterocycles. The predicted molar refractivity (Wildman–Crippen MR) is 97.6 cm³/mol. The summed E-state index contributed by atoms with van der Waals surface area (Å²) in [5.74, 6) is 0.0825. The van der Waals surface area contributed by atoms with Gasteiger partial charge in [0.1, 0.15) is 11.3 Å². The van der Waals surface area contributed by atoms with E-state index in [9.17, 15) is 4.79 Å². The number of imidazole rings is 1. The largest absolute Gasteiger partial charge is 0.335 e. The summed E-state index contributed by atoms with van der Waals surface area (Å²) in [5.41, 5.74) is 4.18. The van der Waals surface area contributed by atoms with Crippen molar-refractivity contribution in [3.63, 3.8) is 0 Å². The summed E-state index contributed by atoms with van der Waals surface area (Å²) in [4.78, 5) is 21.5. The van der Waals surface area contributed by atoms with Crippen LogP contribution in [0.4, 0.5) is 0 Å². The zero-order chi connectivity index (χ0) is 17.2. The molecule has 3 heterocycles. The number of carbonyl (C=O) groups is 1. The molecule has 1 saturated heterocycles. The fourth-order valence-corrected chi connectivity index (χ4v) is 3.42. The van der Waals surface area contributed by atoms with Crippen molar-refractivity contribution < 1.29 is 4.79 Å². The first kappa shape index (κ1) is 15.8. The van der Waals surface area contributed by atoms with E-state index in [1.54, 1.807) is 6.20 Å². The van der Waals surface area contributed by atoms with Crippen LogP contribution >= 0.6 is 0 Å². The minimum Gasteiger partial charge on any atom is -0.335 e. The van der Waals surface area contributed by atoms with E-state index >= 15 is 0 Å². The number of hydrogen-bond acceptors (Lipinski definition) is 3. The maximum atomic E-state index is 12.9. The molecule has 5 heteroatoms. The second-order valence-corrected chi connectivity index (χ2v) is 6.56. The highest BCUT2D eigenvalue weighted by Gasteiger charge is 2.23. The molecule has 1 amide bonds. The molecule has 0 unspecified atom stereocenters. The summed E-state index contributed by atoms with van der Waals surface area (Å²) < 4.78 is 1.86. The van der Waals surface area contributed by atoms with Crippen LogP contribution in [-0.2, 0) is 6.54 Å². The Morgan fingerprint density at radius 1 is 1.04 bits per heavy atom. The lowest BCUT2D eigenvalue weighted by Gasteiger charge is -2.35. The van der Waals surface area contributed by atoms with Crippen molar-refractivity contribution in [1.82, 2.24) is 19.2 Å². The lowest BCUT2D eigenvalue weighted by Crippen LogP contribution is -2.48. The van der Waals surface area contributed by atoms with Crippen molar-refractivity contribution in [2.24, 2.45) is 0 Å². The molecule has 1 aliphatic heterocycles. The van der Waals surface area contributed by atoms with Gasteiger partial charge in [0, 0.05) is 45.1 Å². The van der Waals surface area contributed by atoms with Gasteiger partial charge in [0.15, 0.2) is 0 Å². The van der Waals surface area contributed by atoms with E-state index in [1.807, 2.05) is 33.7 Å². The molecule has 5 nitrogen and oxygen atoms in total. The highest BCUT2D eigenvalue weighted by molar-refractivity contribution is 5.93. The van der Waals surface area contributed by atoms with Gasteiger partial charge in [-0.25, -0.2) is 4.98 Å². The first-order chi connectivity index (χ1) is 12.2. The Labute approximate surface area is 147 Å². The van der Waals surface area contributed by atoms with Gasteiger partial charge in [-0.1, -0.05) is 30.3 Å². The van der Waals surface area contributed by atoms with Crippen molar-refractivity contribution >= 4 is 11.6 Å². The molecular weight excluding hydrogens is 312 g/mol. The van der Waals surface area contributed by atoms with Gasteiger partial charge in [-0.15, -0.1) is 0 Å². The number of carbonyl (C=O) groups excluding carboxylic acids is 1. The molecule has 1 fully saturated rings. The number of pyridine rings is 1. The molecule has 0 N–H and O–H groups in total. The van der Waals surface area contributed by atoms with E-state index in [-0.39, 0.29) is 5.91 Å². The van der Waals surface area contributed by atoms with Crippen LogP contribution in [0.1, 0.15) is 21.6 Å². The number of amides is 1. The Hall–Kier alpha value is -2.66. The smallest absolute Gasteiger partial charge is 0.270 e. The number of benzene rings is 1. The van der Waals surface area contributed by atoms with Gasteiger partial charge in [-0.3, -0.25) is 14.1 Å². The predicted octanol–water partition coefficient (Wildman–Crippen LogP) is 2.60. The summed E-state index contributed by atoms with van der Waals surface area (Å²) in [6, 6.07) is 14.2. The molecular formula is C20H22N4O. The van der Waals surface area contributed by atoms with Crippen LogP contribution in [-0.4, -0.2) is 51.3 Å². The van der Waals surface area contributed by atoms with Gasteiger partial charge >= 0.3 is 0 Å². The number of aryl methyl sites for hydroxylation is 1. The molecule has 0 bridgehead atoms. The van der Waals surface area contributed by atoms with Crippen LogP contribution in [0.2, 0.25) is 0 Å². The molecule has 0 aliphatic carbocycles. The van der Waals surface area contributed by atoms with Crippen LogP contribution in [0.5, 0.6) is 0 Å². The number of rotatable bonds is 3. The average molecular weight is 334 g/mol. The van der Waals surface area contributed by atoms with Gasteiger partial charge in [0.05, 0.1) is 0 Å². The van der Waals surface area contributed by atoms with Gasteiger partial charge in [0.25, 0.3) is 5.91 Å². The fraction of sp³-hybridized carbons (Fsp3) is 0.300. The standard InChI is InChI=1S/C20H22N4O/c1-16-5-2-3-6-17(16)15-22-11-13-23(14-12-22)20(25)18-7-4-8-19-21-9-10-24(18)19/h2-10H,11-15H2,1H3. The van der Waals surface area contributed by atoms with E-state index in [2.05, 4.69) is 41.1 Å². The van der Waals surface area contributed by atoms with E-state index < -0.39 is 0 Å². The first-order valence-electron chi connectivity index (χ1n) is 8.70. The van der Waals surface area contributed by atoms with E-state index in [1.165, 1.54) is 11.1 Å². The minimum absolute atomic E-state index is 0.0825. The maximum Gasteiger partial charge on any atom is 0.270 e. The van der Waals surface area contributed by atoms with Crippen LogP contribution in [0, 0.1) is 6.92 Å². The Morgan fingerprint density at radius 2 is 1.84 bits per heavy atom. The van der Waals surface area contributed by atoms with Crippen molar-refractivity contribution in [1.29, 1.82) is 0 Å². The van der Waals surface area contributed by atoms with E-state index in [0.717, 1.165) is 38.4 Å². The maximum absolute atomic E-state index is 12.9. The second kappa shape index (κ2) is 6.69.